The zero-order chi connectivity index (χ0) is 18.8. The van der Waals surface area contributed by atoms with Crippen LogP contribution in [0.4, 0.5) is 11.5 Å². The predicted octanol–water partition coefficient (Wildman–Crippen LogP) is 3.01. The molecule has 3 aromatic rings. The van der Waals surface area contributed by atoms with Crippen LogP contribution in [-0.4, -0.2) is 25.8 Å². The number of aryl methyl sites for hydroxylation is 2. The van der Waals surface area contributed by atoms with Crippen LogP contribution in [-0.2, 0) is 6.54 Å². The maximum absolute atomic E-state index is 12.6. The number of aromatic nitrogens is 3. The third kappa shape index (κ3) is 3.32. The van der Waals surface area contributed by atoms with Crippen molar-refractivity contribution in [1.82, 2.24) is 14.9 Å². The van der Waals surface area contributed by atoms with E-state index in [4.69, 9.17) is 4.52 Å². The van der Waals surface area contributed by atoms with Gasteiger partial charge in [0, 0.05) is 11.6 Å². The van der Waals surface area contributed by atoms with Gasteiger partial charge in [-0.2, -0.15) is 5.10 Å². The maximum Gasteiger partial charge on any atom is 0.312 e. The van der Waals surface area contributed by atoms with Gasteiger partial charge in [-0.3, -0.25) is 19.6 Å². The van der Waals surface area contributed by atoms with Gasteiger partial charge in [0.05, 0.1) is 11.5 Å². The molecule has 2 heterocycles. The Labute approximate surface area is 148 Å². The van der Waals surface area contributed by atoms with Gasteiger partial charge in [0.15, 0.2) is 5.82 Å². The van der Waals surface area contributed by atoms with E-state index in [2.05, 4.69) is 15.6 Å². The van der Waals surface area contributed by atoms with Crippen molar-refractivity contribution in [1.29, 1.82) is 0 Å². The van der Waals surface area contributed by atoms with Gasteiger partial charge in [0.1, 0.15) is 17.1 Å². The van der Waals surface area contributed by atoms with Gasteiger partial charge in [-0.05, 0) is 32.4 Å². The van der Waals surface area contributed by atoms with E-state index in [0.717, 1.165) is 0 Å². The fraction of sp³-hybridized carbons (Fsp3) is 0.235. The molecule has 0 unspecified atom stereocenters. The van der Waals surface area contributed by atoms with Crippen LogP contribution >= 0.6 is 0 Å². The highest BCUT2D eigenvalue weighted by atomic mass is 16.6. The van der Waals surface area contributed by atoms with Crippen molar-refractivity contribution in [2.75, 3.05) is 5.32 Å². The Morgan fingerprint density at radius 2 is 2.04 bits per heavy atom. The number of nitrogens with zero attached hydrogens (tertiary/aromatic N) is 4. The molecule has 0 saturated carbocycles. The molecular formula is C17H17N5O4. The van der Waals surface area contributed by atoms with Gasteiger partial charge in [0.2, 0.25) is 0 Å². The highest BCUT2D eigenvalue weighted by Gasteiger charge is 2.22. The van der Waals surface area contributed by atoms with Crippen LogP contribution in [0.25, 0.3) is 0 Å². The number of benzene rings is 1. The van der Waals surface area contributed by atoms with Crippen molar-refractivity contribution in [3.8, 4) is 0 Å². The number of carbonyl (C=O) groups is 1. The fourth-order valence-electron chi connectivity index (χ4n) is 2.76. The molecule has 0 aliphatic heterocycles. The molecule has 1 aromatic carbocycles. The Morgan fingerprint density at radius 3 is 2.65 bits per heavy atom. The summed E-state index contributed by atoms with van der Waals surface area (Å²) in [5, 5.41) is 21.8. The first kappa shape index (κ1) is 17.3. The molecule has 9 nitrogen and oxygen atoms in total. The van der Waals surface area contributed by atoms with E-state index in [-0.39, 0.29) is 18.1 Å². The molecule has 0 fully saturated rings. The van der Waals surface area contributed by atoms with Crippen molar-refractivity contribution in [3.63, 3.8) is 0 Å². The van der Waals surface area contributed by atoms with Crippen molar-refractivity contribution < 1.29 is 14.2 Å². The minimum absolute atomic E-state index is 0.00925. The van der Waals surface area contributed by atoms with E-state index in [1.54, 1.807) is 51.1 Å². The molecule has 26 heavy (non-hydrogen) atoms. The number of amides is 1. The van der Waals surface area contributed by atoms with Crippen LogP contribution in [0.5, 0.6) is 0 Å². The van der Waals surface area contributed by atoms with E-state index in [9.17, 15) is 14.9 Å². The number of hydrogen-bond donors (Lipinski definition) is 1. The lowest BCUT2D eigenvalue weighted by Crippen LogP contribution is -2.16. The zero-order valence-electron chi connectivity index (χ0n) is 14.5. The number of carbonyl (C=O) groups excluding carboxylic acids is 1. The first-order chi connectivity index (χ1) is 12.4. The summed E-state index contributed by atoms with van der Waals surface area (Å²) in [5.41, 5.74) is 1.89. The molecule has 0 spiro atoms. The van der Waals surface area contributed by atoms with Crippen molar-refractivity contribution >= 4 is 17.4 Å². The highest BCUT2D eigenvalue weighted by Crippen LogP contribution is 2.23. The SMILES string of the molecule is Cc1cc(NC(=O)c2ccccc2Cn2nc(C)c([N+](=O)[O-])c2C)no1. The van der Waals surface area contributed by atoms with Crippen LogP contribution in [0.3, 0.4) is 0 Å². The summed E-state index contributed by atoms with van der Waals surface area (Å²) in [6.45, 7) is 5.19. The first-order valence-corrected chi connectivity index (χ1v) is 7.87. The second-order valence-electron chi connectivity index (χ2n) is 5.87. The van der Waals surface area contributed by atoms with Crippen LogP contribution in [0.2, 0.25) is 0 Å². The molecule has 9 heteroatoms. The highest BCUT2D eigenvalue weighted by molar-refractivity contribution is 6.04. The van der Waals surface area contributed by atoms with Gasteiger partial charge < -0.3 is 9.84 Å². The van der Waals surface area contributed by atoms with Crippen molar-refractivity contribution in [3.05, 3.63) is 68.7 Å². The molecule has 3 rings (SSSR count). The quantitative estimate of drug-likeness (QED) is 0.555. The third-order valence-electron chi connectivity index (χ3n) is 3.98. The fourth-order valence-corrected chi connectivity index (χ4v) is 2.76. The lowest BCUT2D eigenvalue weighted by molar-refractivity contribution is -0.386. The standard InChI is InChI=1S/C17H17N5O4/c1-10-8-15(20-26-10)18-17(23)14-7-5-4-6-13(14)9-21-12(3)16(22(24)25)11(2)19-21/h4-8H,9H2,1-3H3,(H,18,20,23). The van der Waals surface area contributed by atoms with Gasteiger partial charge in [0.25, 0.3) is 5.91 Å². The van der Waals surface area contributed by atoms with E-state index < -0.39 is 4.92 Å². The Hall–Kier alpha value is -3.49. The predicted molar refractivity (Wildman–Crippen MR) is 93.1 cm³/mol. The monoisotopic (exact) mass is 355 g/mol. The van der Waals surface area contributed by atoms with E-state index in [1.165, 1.54) is 4.68 Å². The van der Waals surface area contributed by atoms with Crippen LogP contribution < -0.4 is 5.32 Å². The summed E-state index contributed by atoms with van der Waals surface area (Å²) in [6, 6.07) is 8.62. The van der Waals surface area contributed by atoms with Gasteiger partial charge in [-0.25, -0.2) is 0 Å². The van der Waals surface area contributed by atoms with Gasteiger partial charge in [-0.15, -0.1) is 0 Å². The Balaban J connectivity index is 1.89. The van der Waals surface area contributed by atoms with Gasteiger partial charge >= 0.3 is 5.69 Å². The average Bonchev–Trinajstić information content (AvgIpc) is 3.10. The second kappa shape index (κ2) is 6.79. The lowest BCUT2D eigenvalue weighted by atomic mass is 10.1. The van der Waals surface area contributed by atoms with Crippen LogP contribution in [0.1, 0.15) is 33.1 Å². The number of nitrogens with one attached hydrogen (secondary N) is 1. The molecule has 0 aliphatic rings. The summed E-state index contributed by atoms with van der Waals surface area (Å²) < 4.78 is 6.47. The molecule has 2 aromatic heterocycles. The smallest absolute Gasteiger partial charge is 0.312 e. The lowest BCUT2D eigenvalue weighted by Gasteiger charge is -2.10. The van der Waals surface area contributed by atoms with E-state index >= 15 is 0 Å². The number of hydrogen-bond acceptors (Lipinski definition) is 6. The topological polar surface area (TPSA) is 116 Å². The molecule has 0 saturated heterocycles. The summed E-state index contributed by atoms with van der Waals surface area (Å²) >= 11 is 0. The maximum atomic E-state index is 12.6. The summed E-state index contributed by atoms with van der Waals surface area (Å²) in [5.74, 6) is 0.567. The first-order valence-electron chi connectivity index (χ1n) is 7.87. The number of anilines is 1. The summed E-state index contributed by atoms with van der Waals surface area (Å²) in [6.07, 6.45) is 0. The largest absolute Gasteiger partial charge is 0.360 e. The molecule has 0 atom stereocenters. The normalized spacial score (nSPS) is 10.7. The number of nitro groups is 1. The summed E-state index contributed by atoms with van der Waals surface area (Å²) in [4.78, 5) is 23.3. The molecular weight excluding hydrogens is 338 g/mol. The summed E-state index contributed by atoms with van der Waals surface area (Å²) in [7, 11) is 0. The minimum atomic E-state index is -0.445. The zero-order valence-corrected chi connectivity index (χ0v) is 14.5. The van der Waals surface area contributed by atoms with Crippen molar-refractivity contribution in [2.45, 2.75) is 27.3 Å². The Kier molecular flexibility index (Phi) is 4.53. The Morgan fingerprint density at radius 1 is 1.31 bits per heavy atom. The number of rotatable bonds is 5. The van der Waals surface area contributed by atoms with E-state index in [0.29, 0.717) is 34.1 Å². The molecule has 0 aliphatic carbocycles. The molecule has 1 N–H and O–H groups in total. The Bertz CT molecular complexity index is 989. The molecule has 1 amide bonds. The molecule has 134 valence electrons. The van der Waals surface area contributed by atoms with Crippen LogP contribution in [0, 0.1) is 30.9 Å². The molecule has 0 bridgehead atoms. The molecule has 0 radical (unpaired) electrons. The van der Waals surface area contributed by atoms with Crippen molar-refractivity contribution in [2.24, 2.45) is 0 Å². The van der Waals surface area contributed by atoms with Gasteiger partial charge in [-0.1, -0.05) is 23.4 Å². The average molecular weight is 355 g/mol. The third-order valence-corrected chi connectivity index (χ3v) is 3.98. The van der Waals surface area contributed by atoms with Crippen LogP contribution in [0.15, 0.2) is 34.9 Å². The minimum Gasteiger partial charge on any atom is -0.360 e. The second-order valence-corrected chi connectivity index (χ2v) is 5.87. The van der Waals surface area contributed by atoms with E-state index in [1.807, 2.05) is 0 Å².